The van der Waals surface area contributed by atoms with Gasteiger partial charge in [0, 0.05) is 25.1 Å². The van der Waals surface area contributed by atoms with Crippen LogP contribution < -0.4 is 19.1 Å². The van der Waals surface area contributed by atoms with Gasteiger partial charge in [-0.05, 0) is 49.9 Å². The van der Waals surface area contributed by atoms with E-state index in [-0.39, 0.29) is 24.2 Å². The average molecular weight is 634 g/mol. The zero-order valence-electron chi connectivity index (χ0n) is 26.1. The highest BCUT2D eigenvalue weighted by Crippen LogP contribution is 2.35. The number of ether oxygens (including phenoxy) is 2. The van der Waals surface area contributed by atoms with Gasteiger partial charge in [0.2, 0.25) is 21.8 Å². The van der Waals surface area contributed by atoms with Gasteiger partial charge >= 0.3 is 0 Å². The summed E-state index contributed by atoms with van der Waals surface area (Å²) in [7, 11) is -3.89. The van der Waals surface area contributed by atoms with Crippen LogP contribution in [-0.4, -0.2) is 62.7 Å². The normalized spacial score (nSPS) is 15.6. The fourth-order valence-corrected chi connectivity index (χ4v) is 7.07. The number of benzene rings is 3. The highest BCUT2D eigenvalue weighted by Gasteiger charge is 2.35. The van der Waals surface area contributed by atoms with Crippen molar-refractivity contribution in [3.05, 3.63) is 89.5 Å². The van der Waals surface area contributed by atoms with E-state index in [9.17, 15) is 18.0 Å². The molecule has 5 rings (SSSR count). The highest BCUT2D eigenvalue weighted by molar-refractivity contribution is 7.92. The van der Waals surface area contributed by atoms with Crippen LogP contribution in [-0.2, 0) is 32.6 Å². The number of carbonyl (C=O) groups is 2. The molecule has 0 aromatic heterocycles. The third-order valence-corrected chi connectivity index (χ3v) is 10.2. The molecule has 2 aliphatic rings. The largest absolute Gasteiger partial charge is 0.486 e. The van der Waals surface area contributed by atoms with E-state index in [0.717, 1.165) is 53.1 Å². The lowest BCUT2D eigenvalue weighted by Gasteiger charge is -2.35. The molecule has 10 heteroatoms. The molecule has 2 amide bonds. The van der Waals surface area contributed by atoms with Crippen molar-refractivity contribution in [2.75, 3.05) is 29.8 Å². The molecule has 1 fully saturated rings. The number of rotatable bonds is 12. The Bertz CT molecular complexity index is 1570. The van der Waals surface area contributed by atoms with Crippen LogP contribution in [0.25, 0.3) is 0 Å². The first kappa shape index (κ1) is 32.3. The van der Waals surface area contributed by atoms with Gasteiger partial charge in [-0.15, -0.1) is 0 Å². The van der Waals surface area contributed by atoms with Gasteiger partial charge in [0.25, 0.3) is 0 Å². The lowest BCUT2D eigenvalue weighted by Crippen LogP contribution is -2.55. The highest BCUT2D eigenvalue weighted by atomic mass is 32.2. The first-order valence-corrected chi connectivity index (χ1v) is 17.4. The summed E-state index contributed by atoms with van der Waals surface area (Å²) in [5.41, 5.74) is 3.10. The number of amides is 2. The second-order valence-corrected chi connectivity index (χ2v) is 14.0. The number of sulfonamides is 1. The zero-order valence-corrected chi connectivity index (χ0v) is 26.9. The van der Waals surface area contributed by atoms with E-state index < -0.39 is 28.5 Å². The van der Waals surface area contributed by atoms with Gasteiger partial charge in [0.05, 0.1) is 11.4 Å². The number of fused-ring (bicyclic) bond motifs is 1. The molecule has 0 spiro atoms. The van der Waals surface area contributed by atoms with E-state index in [4.69, 9.17) is 9.47 Å². The van der Waals surface area contributed by atoms with Crippen LogP contribution in [0, 0.1) is 6.92 Å². The predicted molar refractivity (Wildman–Crippen MR) is 175 cm³/mol. The molecule has 0 saturated heterocycles. The molecule has 1 heterocycles. The summed E-state index contributed by atoms with van der Waals surface area (Å²) in [6.07, 6.45) is 5.37. The Kier molecular flexibility index (Phi) is 10.7. The second kappa shape index (κ2) is 14.8. The van der Waals surface area contributed by atoms with Crippen molar-refractivity contribution >= 4 is 27.5 Å². The van der Waals surface area contributed by atoms with E-state index >= 15 is 0 Å². The first-order chi connectivity index (χ1) is 21.7. The third-order valence-electron chi connectivity index (χ3n) is 8.45. The zero-order chi connectivity index (χ0) is 31.8. The maximum Gasteiger partial charge on any atom is 0.244 e. The summed E-state index contributed by atoms with van der Waals surface area (Å²) >= 11 is 0. The Balaban J connectivity index is 1.52. The van der Waals surface area contributed by atoms with E-state index in [1.54, 1.807) is 30.0 Å². The van der Waals surface area contributed by atoms with E-state index in [1.165, 1.54) is 0 Å². The molecule has 1 aliphatic heterocycles. The smallest absolute Gasteiger partial charge is 0.244 e. The molecular formula is C35H43N3O6S. The van der Waals surface area contributed by atoms with Crippen molar-refractivity contribution in [2.45, 2.75) is 71.0 Å². The van der Waals surface area contributed by atoms with Gasteiger partial charge in [0.1, 0.15) is 25.8 Å². The van der Waals surface area contributed by atoms with Crippen LogP contribution in [0.2, 0.25) is 0 Å². The molecule has 240 valence electrons. The van der Waals surface area contributed by atoms with Gasteiger partial charge in [-0.2, -0.15) is 0 Å². The van der Waals surface area contributed by atoms with Gasteiger partial charge in [0.15, 0.2) is 11.5 Å². The van der Waals surface area contributed by atoms with Crippen molar-refractivity contribution < 1.29 is 27.5 Å². The van der Waals surface area contributed by atoms with Crippen LogP contribution in [0.1, 0.15) is 55.7 Å². The third kappa shape index (κ3) is 8.36. The van der Waals surface area contributed by atoms with Gasteiger partial charge < -0.3 is 19.7 Å². The quantitative estimate of drug-likeness (QED) is 0.301. The predicted octanol–water partition coefficient (Wildman–Crippen LogP) is 5.01. The molecule has 0 radical (unpaired) electrons. The minimum absolute atomic E-state index is 0.0510. The van der Waals surface area contributed by atoms with E-state index in [1.807, 2.05) is 61.5 Å². The number of hydrogen-bond donors (Lipinski definition) is 1. The van der Waals surface area contributed by atoms with Crippen molar-refractivity contribution in [2.24, 2.45) is 0 Å². The minimum atomic E-state index is -3.89. The maximum absolute atomic E-state index is 14.5. The van der Waals surface area contributed by atoms with Crippen LogP contribution in [0.3, 0.4) is 0 Å². The summed E-state index contributed by atoms with van der Waals surface area (Å²) < 4.78 is 39.4. The Labute approximate surface area is 266 Å². The average Bonchev–Trinajstić information content (AvgIpc) is 3.05. The topological polar surface area (TPSA) is 105 Å². The number of aryl methyl sites for hydroxylation is 1. The number of hydrogen-bond acceptors (Lipinski definition) is 6. The monoisotopic (exact) mass is 633 g/mol. The Morgan fingerprint density at radius 1 is 0.889 bits per heavy atom. The van der Waals surface area contributed by atoms with Crippen LogP contribution in [0.5, 0.6) is 11.5 Å². The van der Waals surface area contributed by atoms with Gasteiger partial charge in [-0.3, -0.25) is 13.9 Å². The van der Waals surface area contributed by atoms with E-state index in [2.05, 4.69) is 5.32 Å². The van der Waals surface area contributed by atoms with Crippen LogP contribution in [0.15, 0.2) is 72.8 Å². The molecule has 1 N–H and O–H groups in total. The molecule has 9 nitrogen and oxygen atoms in total. The molecule has 45 heavy (non-hydrogen) atoms. The number of anilines is 1. The number of nitrogens with one attached hydrogen (secondary N) is 1. The molecule has 3 aromatic carbocycles. The molecule has 0 bridgehead atoms. The SMILES string of the molecule is CCS(=O)(=O)N(CC(=O)N(Cc1cccc(C)c1)[C@@H](Cc1ccccc1)C(=O)NC1CCCCC1)c1ccc2c(c1)OCCO2. The summed E-state index contributed by atoms with van der Waals surface area (Å²) in [6, 6.07) is 21.5. The van der Waals surface area contributed by atoms with Crippen molar-refractivity contribution in [1.29, 1.82) is 0 Å². The van der Waals surface area contributed by atoms with Crippen molar-refractivity contribution in [3.8, 4) is 11.5 Å². The van der Waals surface area contributed by atoms with Crippen LogP contribution >= 0.6 is 0 Å². The molecule has 1 atom stereocenters. The maximum atomic E-state index is 14.5. The van der Waals surface area contributed by atoms with Gasteiger partial charge in [-0.1, -0.05) is 79.4 Å². The Hall–Kier alpha value is -4.05. The lowest BCUT2D eigenvalue weighted by atomic mass is 9.94. The molecule has 1 aliphatic carbocycles. The van der Waals surface area contributed by atoms with Crippen molar-refractivity contribution in [3.63, 3.8) is 0 Å². The van der Waals surface area contributed by atoms with E-state index in [0.29, 0.717) is 36.8 Å². The molecule has 3 aromatic rings. The summed E-state index contributed by atoms with van der Waals surface area (Å²) in [6.45, 7) is 3.95. The fourth-order valence-electron chi connectivity index (χ4n) is 6.01. The standard InChI is InChI=1S/C35H43N3O6S/c1-3-45(41,42)38(30-17-18-32-33(23-30)44-20-19-43-32)25-34(39)37(24-28-14-10-11-26(2)21-28)31(22-27-12-6-4-7-13-27)35(40)36-29-15-8-5-9-16-29/h4,6-7,10-14,17-18,21,23,29,31H,3,5,8-9,15-16,19-20,22,24-25H2,1-2H3,(H,36,40)/t31-/m0/s1. The molecule has 1 saturated carbocycles. The van der Waals surface area contributed by atoms with Crippen molar-refractivity contribution in [1.82, 2.24) is 10.2 Å². The Morgan fingerprint density at radius 2 is 1.60 bits per heavy atom. The Morgan fingerprint density at radius 3 is 2.31 bits per heavy atom. The minimum Gasteiger partial charge on any atom is -0.486 e. The summed E-state index contributed by atoms with van der Waals surface area (Å²) in [5.74, 6) is 0.0444. The first-order valence-electron chi connectivity index (χ1n) is 15.8. The fraction of sp³-hybridized carbons (Fsp3) is 0.429. The molecular weight excluding hydrogens is 590 g/mol. The number of carbonyl (C=O) groups excluding carboxylic acids is 2. The summed E-state index contributed by atoms with van der Waals surface area (Å²) in [5, 5.41) is 3.24. The summed E-state index contributed by atoms with van der Waals surface area (Å²) in [4.78, 5) is 30.2. The van der Waals surface area contributed by atoms with Gasteiger partial charge in [-0.25, -0.2) is 8.42 Å². The number of nitrogens with zero attached hydrogens (tertiary/aromatic N) is 2. The lowest BCUT2D eigenvalue weighted by molar-refractivity contribution is -0.140. The second-order valence-electron chi connectivity index (χ2n) is 11.8. The van der Waals surface area contributed by atoms with Crippen LogP contribution in [0.4, 0.5) is 5.69 Å². The molecule has 0 unspecified atom stereocenters.